The Labute approximate surface area is 156 Å². The molecule has 0 spiro atoms. The number of sulfone groups is 1. The van der Waals surface area contributed by atoms with Crippen molar-refractivity contribution in [3.05, 3.63) is 54.1 Å². The first-order chi connectivity index (χ1) is 12.4. The van der Waals surface area contributed by atoms with Crippen LogP contribution in [0.3, 0.4) is 0 Å². The minimum Gasteiger partial charge on any atom is -0.388 e. The zero-order valence-corrected chi connectivity index (χ0v) is 15.7. The lowest BCUT2D eigenvalue weighted by molar-refractivity contribution is 0.204. The summed E-state index contributed by atoms with van der Waals surface area (Å²) in [6.45, 7) is 4.20. The summed E-state index contributed by atoms with van der Waals surface area (Å²) in [5.41, 5.74) is 0.621. The van der Waals surface area contributed by atoms with Crippen LogP contribution in [0, 0.1) is 5.82 Å². The monoisotopic (exact) mass is 397 g/mol. The predicted molar refractivity (Wildman–Crippen MR) is 98.3 cm³/mol. The van der Waals surface area contributed by atoms with Crippen molar-refractivity contribution in [3.8, 4) is 0 Å². The molecule has 0 bridgehead atoms. The van der Waals surface area contributed by atoms with Gasteiger partial charge in [-0.3, -0.25) is 0 Å². The molecule has 0 saturated carbocycles. The molecule has 140 valence electrons. The molecule has 2 aromatic rings. The maximum Gasteiger partial charge on any atom is 0.191 e. The fourth-order valence-electron chi connectivity index (χ4n) is 2.94. The third-order valence-electron chi connectivity index (χ3n) is 4.28. The van der Waals surface area contributed by atoms with Crippen LogP contribution in [0.4, 0.5) is 4.39 Å². The van der Waals surface area contributed by atoms with E-state index in [4.69, 9.17) is 0 Å². The van der Waals surface area contributed by atoms with Crippen molar-refractivity contribution >= 4 is 21.6 Å². The fraction of sp³-hybridized carbons (Fsp3) is 0.412. The third kappa shape index (κ3) is 4.33. The van der Waals surface area contributed by atoms with Crippen molar-refractivity contribution in [2.75, 3.05) is 17.3 Å². The molecular weight excluding hydrogens is 377 g/mol. The van der Waals surface area contributed by atoms with Crippen LogP contribution in [0.1, 0.15) is 29.8 Å². The molecule has 6 nitrogen and oxygen atoms in total. The fourth-order valence-corrected chi connectivity index (χ4v) is 5.60. The lowest BCUT2D eigenvalue weighted by atomic mass is 10.1. The predicted octanol–water partition coefficient (Wildman–Crippen LogP) is 2.33. The topological polar surface area (TPSA) is 85.1 Å². The molecule has 1 N–H and O–H groups in total. The molecule has 1 aromatic heterocycles. The molecule has 1 fully saturated rings. The molecule has 2 atom stereocenters. The van der Waals surface area contributed by atoms with Crippen molar-refractivity contribution in [2.24, 2.45) is 0 Å². The smallest absolute Gasteiger partial charge is 0.191 e. The van der Waals surface area contributed by atoms with Gasteiger partial charge in [0, 0.05) is 18.2 Å². The van der Waals surface area contributed by atoms with Gasteiger partial charge in [0.2, 0.25) is 0 Å². The molecule has 1 aliphatic rings. The molecule has 1 aliphatic heterocycles. The first kappa shape index (κ1) is 19.1. The third-order valence-corrected chi connectivity index (χ3v) is 7.09. The molecular formula is C17H20FN3O3S2. The number of halogens is 1. The van der Waals surface area contributed by atoms with Gasteiger partial charge < -0.3 is 9.67 Å². The van der Waals surface area contributed by atoms with Gasteiger partial charge in [-0.1, -0.05) is 30.0 Å². The molecule has 9 heteroatoms. The van der Waals surface area contributed by atoms with Crippen molar-refractivity contribution in [1.29, 1.82) is 0 Å². The number of thioether (sulfide) groups is 1. The van der Waals surface area contributed by atoms with E-state index in [1.165, 1.54) is 23.9 Å². The molecule has 2 heterocycles. The van der Waals surface area contributed by atoms with Crippen LogP contribution in [-0.4, -0.2) is 45.5 Å². The first-order valence-corrected chi connectivity index (χ1v) is 11.0. The Kier molecular flexibility index (Phi) is 5.79. The van der Waals surface area contributed by atoms with E-state index in [1.807, 2.05) is 4.57 Å². The van der Waals surface area contributed by atoms with Gasteiger partial charge in [0.1, 0.15) is 11.6 Å². The molecule has 26 heavy (non-hydrogen) atoms. The number of hydrogen-bond donors (Lipinski definition) is 1. The van der Waals surface area contributed by atoms with Crippen molar-refractivity contribution in [1.82, 2.24) is 14.8 Å². The van der Waals surface area contributed by atoms with E-state index in [9.17, 15) is 17.9 Å². The van der Waals surface area contributed by atoms with Gasteiger partial charge in [0.15, 0.2) is 15.0 Å². The maximum atomic E-state index is 13.0. The first-order valence-electron chi connectivity index (χ1n) is 8.20. The molecule has 3 rings (SSSR count). The van der Waals surface area contributed by atoms with Crippen LogP contribution >= 0.6 is 11.8 Å². The summed E-state index contributed by atoms with van der Waals surface area (Å²) in [6.07, 6.45) is 1.47. The lowest BCUT2D eigenvalue weighted by Gasteiger charge is -2.13. The van der Waals surface area contributed by atoms with Gasteiger partial charge in [-0.05, 0) is 24.1 Å². The van der Waals surface area contributed by atoms with Crippen molar-refractivity contribution in [2.45, 2.75) is 30.1 Å². The average Bonchev–Trinajstić information content (AvgIpc) is 3.16. The van der Waals surface area contributed by atoms with Crippen LogP contribution in [0.2, 0.25) is 0 Å². The Morgan fingerprint density at radius 2 is 2.12 bits per heavy atom. The second kappa shape index (κ2) is 7.89. The van der Waals surface area contributed by atoms with E-state index < -0.39 is 15.9 Å². The number of nitrogens with zero attached hydrogens (tertiary/aromatic N) is 3. The van der Waals surface area contributed by atoms with Crippen LogP contribution in [0.25, 0.3) is 0 Å². The van der Waals surface area contributed by atoms with Crippen molar-refractivity contribution < 1.29 is 17.9 Å². The number of hydrogen-bond acceptors (Lipinski definition) is 6. The van der Waals surface area contributed by atoms with E-state index in [-0.39, 0.29) is 23.2 Å². The summed E-state index contributed by atoms with van der Waals surface area (Å²) in [5.74, 6) is 0.711. The Morgan fingerprint density at radius 1 is 1.38 bits per heavy atom. The van der Waals surface area contributed by atoms with E-state index in [0.717, 1.165) is 0 Å². The Hall–Kier alpha value is -1.71. The van der Waals surface area contributed by atoms with Gasteiger partial charge in [-0.15, -0.1) is 16.8 Å². The van der Waals surface area contributed by atoms with Gasteiger partial charge in [0.05, 0.1) is 17.6 Å². The Bertz CT molecular complexity index is 881. The van der Waals surface area contributed by atoms with Gasteiger partial charge in [-0.25, -0.2) is 12.8 Å². The highest BCUT2D eigenvalue weighted by molar-refractivity contribution is 7.99. The lowest BCUT2D eigenvalue weighted by Crippen LogP contribution is -2.11. The summed E-state index contributed by atoms with van der Waals surface area (Å²) >= 11 is 1.32. The number of aliphatic hydroxyl groups is 1. The average molecular weight is 397 g/mol. The summed E-state index contributed by atoms with van der Waals surface area (Å²) in [5, 5.41) is 19.2. The van der Waals surface area contributed by atoms with Crippen LogP contribution in [0.5, 0.6) is 0 Å². The molecule has 0 unspecified atom stereocenters. The van der Waals surface area contributed by atoms with E-state index in [2.05, 4.69) is 16.8 Å². The number of aliphatic hydroxyl groups excluding tert-OH is 1. The molecule has 0 aliphatic carbocycles. The van der Waals surface area contributed by atoms with Crippen LogP contribution < -0.4 is 0 Å². The number of allylic oxidation sites excluding steroid dienone is 1. The van der Waals surface area contributed by atoms with Crippen LogP contribution in [0.15, 0.2) is 42.1 Å². The van der Waals surface area contributed by atoms with Gasteiger partial charge >= 0.3 is 0 Å². The summed E-state index contributed by atoms with van der Waals surface area (Å²) in [7, 11) is -3.02. The van der Waals surface area contributed by atoms with Gasteiger partial charge in [0.25, 0.3) is 0 Å². The Balaban J connectivity index is 1.73. The quantitative estimate of drug-likeness (QED) is 0.570. The molecule has 1 aromatic carbocycles. The standard InChI is InChI=1S/C17H20FN3O3S2/c1-2-8-21-16(13-7-9-26(23,24)11-13)19-20-17(21)25-10-15(22)12-3-5-14(18)6-4-12/h2-6,13,15,22H,1,7-11H2/t13-,15+/m0/s1. The van der Waals surface area contributed by atoms with Gasteiger partial charge in [-0.2, -0.15) is 0 Å². The molecule has 0 radical (unpaired) electrons. The minimum absolute atomic E-state index is 0.0884. The highest BCUT2D eigenvalue weighted by Crippen LogP contribution is 2.31. The van der Waals surface area contributed by atoms with E-state index in [1.54, 1.807) is 18.2 Å². The zero-order valence-electron chi connectivity index (χ0n) is 14.1. The Morgan fingerprint density at radius 3 is 2.73 bits per heavy atom. The second-order valence-corrected chi connectivity index (χ2v) is 9.43. The van der Waals surface area contributed by atoms with Crippen molar-refractivity contribution in [3.63, 3.8) is 0 Å². The summed E-state index contributed by atoms with van der Waals surface area (Å²) in [4.78, 5) is 0. The highest BCUT2D eigenvalue weighted by Gasteiger charge is 2.33. The summed E-state index contributed by atoms with van der Waals surface area (Å²) in [6, 6.07) is 5.71. The summed E-state index contributed by atoms with van der Waals surface area (Å²) < 4.78 is 38.3. The molecule has 1 saturated heterocycles. The normalized spacial score (nSPS) is 20.2. The maximum absolute atomic E-state index is 13.0. The number of benzene rings is 1. The number of rotatable bonds is 7. The SMILES string of the molecule is C=CCn1c(SC[C@@H](O)c2ccc(F)cc2)nnc1[C@H]1CCS(=O)(=O)C1. The van der Waals surface area contributed by atoms with E-state index >= 15 is 0 Å². The zero-order chi connectivity index (χ0) is 18.7. The minimum atomic E-state index is -3.02. The molecule has 0 amide bonds. The second-order valence-electron chi connectivity index (χ2n) is 6.22. The highest BCUT2D eigenvalue weighted by atomic mass is 32.2. The van der Waals surface area contributed by atoms with Crippen LogP contribution in [-0.2, 0) is 16.4 Å². The largest absolute Gasteiger partial charge is 0.388 e. The van der Waals surface area contributed by atoms with E-state index in [0.29, 0.717) is 35.3 Å². The number of aromatic nitrogens is 3.